The van der Waals surface area contributed by atoms with Crippen LogP contribution in [0.4, 0.5) is 8.78 Å². The lowest BCUT2D eigenvalue weighted by atomic mass is 10.1. The molecule has 31 heavy (non-hydrogen) atoms. The van der Waals surface area contributed by atoms with Gasteiger partial charge >= 0.3 is 0 Å². The van der Waals surface area contributed by atoms with E-state index in [-0.39, 0.29) is 17.5 Å². The Balaban J connectivity index is 1.87. The largest absolute Gasteiger partial charge is 0.497 e. The average molecular weight is 430 g/mol. The van der Waals surface area contributed by atoms with E-state index in [4.69, 9.17) is 9.47 Å². The Morgan fingerprint density at radius 2 is 1.87 bits per heavy atom. The van der Waals surface area contributed by atoms with Crippen LogP contribution in [0, 0.1) is 11.6 Å². The molecule has 1 heterocycles. The summed E-state index contributed by atoms with van der Waals surface area (Å²) in [7, 11) is 3.07. The lowest BCUT2D eigenvalue weighted by molar-refractivity contribution is 0.0756. The van der Waals surface area contributed by atoms with Gasteiger partial charge in [0.15, 0.2) is 0 Å². The predicted octanol–water partition coefficient (Wildman–Crippen LogP) is 4.28. The Labute approximate surface area is 181 Å². The van der Waals surface area contributed by atoms with E-state index in [1.807, 2.05) is 6.92 Å². The van der Waals surface area contributed by atoms with Gasteiger partial charge in [-0.05, 0) is 50.6 Å². The molecule has 5 nitrogen and oxygen atoms in total. The second-order valence-corrected chi connectivity index (χ2v) is 7.74. The Morgan fingerprint density at radius 3 is 2.45 bits per heavy atom. The number of nitrogens with one attached hydrogen (secondary N) is 1. The van der Waals surface area contributed by atoms with Crippen LogP contribution in [0.2, 0.25) is 0 Å². The van der Waals surface area contributed by atoms with Crippen molar-refractivity contribution >= 4 is 12.0 Å². The molecule has 2 aromatic rings. The maximum atomic E-state index is 14.1. The third kappa shape index (κ3) is 6.04. The molecular formula is C24H28F2N2O3. The van der Waals surface area contributed by atoms with Crippen molar-refractivity contribution in [2.45, 2.75) is 25.8 Å². The van der Waals surface area contributed by atoms with Crippen molar-refractivity contribution < 1.29 is 23.0 Å². The van der Waals surface area contributed by atoms with Gasteiger partial charge in [-0.15, -0.1) is 0 Å². The van der Waals surface area contributed by atoms with Crippen LogP contribution in [0.25, 0.3) is 6.08 Å². The molecular weight excluding hydrogens is 402 g/mol. The quantitative estimate of drug-likeness (QED) is 0.679. The molecule has 0 aliphatic carbocycles. The van der Waals surface area contributed by atoms with Crippen molar-refractivity contribution in [3.8, 4) is 11.5 Å². The predicted molar refractivity (Wildman–Crippen MR) is 116 cm³/mol. The first-order valence-corrected chi connectivity index (χ1v) is 10.3. The lowest BCUT2D eigenvalue weighted by Gasteiger charge is -2.27. The molecule has 7 heteroatoms. The minimum Gasteiger partial charge on any atom is -0.497 e. The smallest absolute Gasteiger partial charge is 0.254 e. The van der Waals surface area contributed by atoms with Crippen molar-refractivity contribution in [1.29, 1.82) is 0 Å². The van der Waals surface area contributed by atoms with Crippen molar-refractivity contribution in [2.24, 2.45) is 0 Å². The molecule has 1 N–H and O–H groups in total. The molecule has 0 radical (unpaired) electrons. The SMILES string of the molecule is COc1cc(OC)cc(C(=O)N(C/C(C)=C/c2ccc(F)cc2F)C[C@H]2CCCN2)c1. The third-order valence-electron chi connectivity index (χ3n) is 5.29. The zero-order valence-corrected chi connectivity index (χ0v) is 18.1. The van der Waals surface area contributed by atoms with Gasteiger partial charge in [0.25, 0.3) is 5.91 Å². The molecule has 166 valence electrons. The first-order valence-electron chi connectivity index (χ1n) is 10.3. The summed E-state index contributed by atoms with van der Waals surface area (Å²) in [6.45, 7) is 3.59. The minimum absolute atomic E-state index is 0.168. The summed E-state index contributed by atoms with van der Waals surface area (Å²) < 4.78 is 37.9. The molecule has 1 fully saturated rings. The molecule has 1 atom stereocenters. The number of hydrogen-bond donors (Lipinski definition) is 1. The Kier molecular flexibility index (Phi) is 7.63. The summed E-state index contributed by atoms with van der Waals surface area (Å²) in [5, 5.41) is 3.41. The molecule has 0 saturated carbocycles. The van der Waals surface area contributed by atoms with Gasteiger partial charge < -0.3 is 19.7 Å². The van der Waals surface area contributed by atoms with E-state index in [0.29, 0.717) is 30.2 Å². The van der Waals surface area contributed by atoms with E-state index in [1.165, 1.54) is 26.4 Å². The summed E-state index contributed by atoms with van der Waals surface area (Å²) in [4.78, 5) is 15.1. The van der Waals surface area contributed by atoms with Crippen LogP contribution in [-0.4, -0.2) is 50.7 Å². The fraction of sp³-hybridized carbons (Fsp3) is 0.375. The fourth-order valence-electron chi connectivity index (χ4n) is 3.74. The number of ether oxygens (including phenoxy) is 2. The maximum Gasteiger partial charge on any atom is 0.254 e. The molecule has 0 bridgehead atoms. The average Bonchev–Trinajstić information content (AvgIpc) is 3.27. The molecule has 1 aliphatic heterocycles. The number of rotatable bonds is 8. The molecule has 1 amide bonds. The maximum absolute atomic E-state index is 14.1. The van der Waals surface area contributed by atoms with Gasteiger partial charge in [-0.25, -0.2) is 8.78 Å². The summed E-state index contributed by atoms with van der Waals surface area (Å²) in [6, 6.07) is 8.74. The van der Waals surface area contributed by atoms with E-state index in [2.05, 4.69) is 5.32 Å². The second-order valence-electron chi connectivity index (χ2n) is 7.74. The van der Waals surface area contributed by atoms with Crippen molar-refractivity contribution in [2.75, 3.05) is 33.9 Å². The van der Waals surface area contributed by atoms with Crippen LogP contribution in [0.3, 0.4) is 0 Å². The number of nitrogens with zero attached hydrogens (tertiary/aromatic N) is 1. The molecule has 1 aliphatic rings. The van der Waals surface area contributed by atoms with Crippen molar-refractivity contribution in [3.05, 3.63) is 64.7 Å². The molecule has 0 aromatic heterocycles. The molecule has 0 unspecified atom stereocenters. The number of hydrogen-bond acceptors (Lipinski definition) is 4. The van der Waals surface area contributed by atoms with Gasteiger partial charge in [-0.2, -0.15) is 0 Å². The number of amides is 1. The first kappa shape index (κ1) is 22.7. The van der Waals surface area contributed by atoms with Gasteiger partial charge in [-0.3, -0.25) is 4.79 Å². The fourth-order valence-corrected chi connectivity index (χ4v) is 3.74. The highest BCUT2D eigenvalue weighted by Gasteiger charge is 2.23. The Morgan fingerprint density at radius 1 is 1.16 bits per heavy atom. The number of benzene rings is 2. The molecule has 0 spiro atoms. The topological polar surface area (TPSA) is 50.8 Å². The van der Waals surface area contributed by atoms with Crippen LogP contribution in [-0.2, 0) is 0 Å². The molecule has 3 rings (SSSR count). The van der Waals surface area contributed by atoms with E-state index in [1.54, 1.807) is 29.2 Å². The van der Waals surface area contributed by atoms with Crippen LogP contribution in [0.5, 0.6) is 11.5 Å². The van der Waals surface area contributed by atoms with Crippen LogP contribution in [0.15, 0.2) is 42.0 Å². The molecule has 2 aromatic carbocycles. The molecule has 1 saturated heterocycles. The highest BCUT2D eigenvalue weighted by atomic mass is 19.1. The van der Waals surface area contributed by atoms with Gasteiger partial charge in [0, 0.05) is 42.4 Å². The summed E-state index contributed by atoms with van der Waals surface area (Å²) >= 11 is 0. The number of carbonyl (C=O) groups is 1. The monoisotopic (exact) mass is 430 g/mol. The third-order valence-corrected chi connectivity index (χ3v) is 5.29. The van der Waals surface area contributed by atoms with E-state index < -0.39 is 11.6 Å². The number of halogens is 2. The number of carbonyl (C=O) groups excluding carboxylic acids is 1. The van der Waals surface area contributed by atoms with Gasteiger partial charge in [0.05, 0.1) is 14.2 Å². The minimum atomic E-state index is -0.632. The van der Waals surface area contributed by atoms with Crippen LogP contribution >= 0.6 is 0 Å². The van der Waals surface area contributed by atoms with E-state index >= 15 is 0 Å². The standard InChI is InChI=1S/C24H28F2N2O3/c1-16(9-17-6-7-19(25)12-23(17)26)14-28(15-20-5-4-8-27-20)24(29)18-10-21(30-2)13-22(11-18)31-3/h6-7,9-13,20,27H,4-5,8,14-15H2,1-3H3/b16-9+/t20-/m1/s1. The number of methoxy groups -OCH3 is 2. The zero-order valence-electron chi connectivity index (χ0n) is 18.1. The highest BCUT2D eigenvalue weighted by Crippen LogP contribution is 2.24. The normalized spacial score (nSPS) is 16.3. The zero-order chi connectivity index (χ0) is 22.4. The highest BCUT2D eigenvalue weighted by molar-refractivity contribution is 5.95. The van der Waals surface area contributed by atoms with Gasteiger partial charge in [0.1, 0.15) is 23.1 Å². The van der Waals surface area contributed by atoms with Crippen LogP contribution in [0.1, 0.15) is 35.7 Å². The summed E-state index contributed by atoms with van der Waals surface area (Å²) in [5.74, 6) is -0.363. The van der Waals surface area contributed by atoms with Crippen LogP contribution < -0.4 is 14.8 Å². The van der Waals surface area contributed by atoms with Crippen molar-refractivity contribution in [1.82, 2.24) is 10.2 Å². The van der Waals surface area contributed by atoms with Gasteiger partial charge in [0.2, 0.25) is 0 Å². The van der Waals surface area contributed by atoms with E-state index in [0.717, 1.165) is 31.0 Å². The summed E-state index contributed by atoms with van der Waals surface area (Å²) in [6.07, 6.45) is 3.69. The Bertz CT molecular complexity index is 934. The Hall–Kier alpha value is -2.93. The van der Waals surface area contributed by atoms with Gasteiger partial charge in [-0.1, -0.05) is 11.6 Å². The lowest BCUT2D eigenvalue weighted by Crippen LogP contribution is -2.42. The van der Waals surface area contributed by atoms with Crippen molar-refractivity contribution in [3.63, 3.8) is 0 Å². The second kappa shape index (κ2) is 10.4. The van der Waals surface area contributed by atoms with E-state index in [9.17, 15) is 13.6 Å². The first-order chi connectivity index (χ1) is 14.9. The summed E-state index contributed by atoms with van der Waals surface area (Å²) in [5.41, 5.74) is 1.52.